The van der Waals surface area contributed by atoms with Crippen LogP contribution in [0.1, 0.15) is 11.3 Å². The second kappa shape index (κ2) is 9.38. The zero-order valence-corrected chi connectivity index (χ0v) is 18.1. The number of rotatable bonds is 5. The van der Waals surface area contributed by atoms with Gasteiger partial charge >= 0.3 is 0 Å². The zero-order chi connectivity index (χ0) is 20.3. The van der Waals surface area contributed by atoms with Crippen LogP contribution in [0.4, 0.5) is 11.8 Å². The standard InChI is InChI=1S/C22H24N8.ClH/c1-15-10-16(13-30-8-6-23-7-9-30)11-21(26-15)29-22-27-19-3-2-17(12-20(19)28-22)18-4-5-24-14-25-18;/h2-5,10-12,14,23H,6-9,13H2,1H3,(H2,26,27,28,29);1H. The maximum atomic E-state index is 4.66. The number of benzene rings is 1. The van der Waals surface area contributed by atoms with Crippen molar-refractivity contribution in [2.75, 3.05) is 31.5 Å². The number of piperazine rings is 1. The van der Waals surface area contributed by atoms with Gasteiger partial charge in [0.15, 0.2) is 0 Å². The van der Waals surface area contributed by atoms with Crippen molar-refractivity contribution in [1.29, 1.82) is 0 Å². The van der Waals surface area contributed by atoms with Crippen LogP contribution in [-0.2, 0) is 6.54 Å². The maximum Gasteiger partial charge on any atom is 0.206 e. The van der Waals surface area contributed by atoms with E-state index in [1.807, 2.05) is 25.1 Å². The van der Waals surface area contributed by atoms with Gasteiger partial charge in [-0.05, 0) is 42.8 Å². The molecule has 160 valence electrons. The van der Waals surface area contributed by atoms with Gasteiger partial charge < -0.3 is 15.6 Å². The zero-order valence-electron chi connectivity index (χ0n) is 17.3. The van der Waals surface area contributed by atoms with Crippen molar-refractivity contribution in [1.82, 2.24) is 35.1 Å². The number of aryl methyl sites for hydroxylation is 1. The predicted octanol–water partition coefficient (Wildman–Crippen LogP) is 3.29. The number of anilines is 2. The molecule has 8 nitrogen and oxygen atoms in total. The first-order valence-corrected chi connectivity index (χ1v) is 10.2. The van der Waals surface area contributed by atoms with Gasteiger partial charge in [0.05, 0.1) is 16.7 Å². The number of aromatic nitrogens is 5. The fourth-order valence-corrected chi connectivity index (χ4v) is 3.83. The highest BCUT2D eigenvalue weighted by molar-refractivity contribution is 5.85. The van der Waals surface area contributed by atoms with Gasteiger partial charge in [0.1, 0.15) is 12.1 Å². The average Bonchev–Trinajstić information content (AvgIpc) is 3.16. The molecule has 31 heavy (non-hydrogen) atoms. The fraction of sp³-hybridized carbons (Fsp3) is 0.273. The van der Waals surface area contributed by atoms with Gasteiger partial charge in [0.2, 0.25) is 5.95 Å². The summed E-state index contributed by atoms with van der Waals surface area (Å²) in [5, 5.41) is 6.73. The molecule has 0 atom stereocenters. The van der Waals surface area contributed by atoms with Gasteiger partial charge in [-0.25, -0.2) is 19.9 Å². The number of nitrogens with zero attached hydrogens (tertiary/aromatic N) is 5. The number of nitrogens with one attached hydrogen (secondary N) is 3. The minimum atomic E-state index is 0. The first-order valence-electron chi connectivity index (χ1n) is 10.2. The van der Waals surface area contributed by atoms with Crippen LogP contribution in [0.5, 0.6) is 0 Å². The van der Waals surface area contributed by atoms with Crippen LogP contribution < -0.4 is 10.6 Å². The second-order valence-electron chi connectivity index (χ2n) is 7.57. The lowest BCUT2D eigenvalue weighted by atomic mass is 10.1. The van der Waals surface area contributed by atoms with Gasteiger partial charge in [0.25, 0.3) is 0 Å². The van der Waals surface area contributed by atoms with Crippen molar-refractivity contribution in [2.45, 2.75) is 13.5 Å². The van der Waals surface area contributed by atoms with Gasteiger partial charge in [0, 0.05) is 50.2 Å². The highest BCUT2D eigenvalue weighted by atomic mass is 35.5. The lowest BCUT2D eigenvalue weighted by Gasteiger charge is -2.27. The van der Waals surface area contributed by atoms with E-state index in [4.69, 9.17) is 0 Å². The Morgan fingerprint density at radius 3 is 2.74 bits per heavy atom. The number of halogens is 1. The van der Waals surface area contributed by atoms with Crippen LogP contribution in [0.15, 0.2) is 48.9 Å². The van der Waals surface area contributed by atoms with E-state index in [9.17, 15) is 0 Å². The molecule has 0 unspecified atom stereocenters. The Labute approximate surface area is 187 Å². The molecule has 0 bridgehead atoms. The first-order chi connectivity index (χ1) is 14.7. The number of H-pyrrole nitrogens is 1. The van der Waals surface area contributed by atoms with Crippen LogP contribution >= 0.6 is 12.4 Å². The summed E-state index contributed by atoms with van der Waals surface area (Å²) in [6.45, 7) is 7.20. The Bertz CT molecular complexity index is 1150. The van der Waals surface area contributed by atoms with Crippen molar-refractivity contribution >= 4 is 35.2 Å². The summed E-state index contributed by atoms with van der Waals surface area (Å²) in [5.41, 5.74) is 5.99. The molecule has 0 amide bonds. The van der Waals surface area contributed by atoms with E-state index in [0.29, 0.717) is 5.95 Å². The Morgan fingerprint density at radius 2 is 1.94 bits per heavy atom. The Kier molecular flexibility index (Phi) is 6.41. The first kappa shape index (κ1) is 21.2. The molecule has 0 aliphatic carbocycles. The van der Waals surface area contributed by atoms with E-state index >= 15 is 0 Å². The summed E-state index contributed by atoms with van der Waals surface area (Å²) in [5.74, 6) is 1.48. The monoisotopic (exact) mass is 436 g/mol. The molecular formula is C22H25ClN8. The third-order valence-electron chi connectivity index (χ3n) is 5.24. The Morgan fingerprint density at radius 1 is 1.06 bits per heavy atom. The quantitative estimate of drug-likeness (QED) is 0.442. The molecule has 5 rings (SSSR count). The molecule has 1 aliphatic rings. The molecule has 1 saturated heterocycles. The molecule has 0 radical (unpaired) electrons. The third-order valence-corrected chi connectivity index (χ3v) is 5.24. The Balaban J connectivity index is 0.00000231. The highest BCUT2D eigenvalue weighted by Gasteiger charge is 2.12. The van der Waals surface area contributed by atoms with E-state index in [0.717, 1.165) is 66.5 Å². The normalized spacial score (nSPS) is 14.4. The number of hydrogen-bond donors (Lipinski definition) is 3. The van der Waals surface area contributed by atoms with Gasteiger partial charge in [-0.3, -0.25) is 4.90 Å². The number of hydrogen-bond acceptors (Lipinski definition) is 7. The van der Waals surface area contributed by atoms with Crippen molar-refractivity contribution in [3.05, 3.63) is 60.2 Å². The molecule has 3 N–H and O–H groups in total. The minimum Gasteiger partial charge on any atom is -0.324 e. The van der Waals surface area contributed by atoms with E-state index in [1.165, 1.54) is 5.56 Å². The largest absolute Gasteiger partial charge is 0.324 e. The highest BCUT2D eigenvalue weighted by Crippen LogP contribution is 2.24. The summed E-state index contributed by atoms with van der Waals surface area (Å²) in [4.78, 5) is 23.4. The maximum absolute atomic E-state index is 4.66. The molecule has 0 saturated carbocycles. The molecular weight excluding hydrogens is 412 g/mol. The van der Waals surface area contributed by atoms with Crippen molar-refractivity contribution in [3.8, 4) is 11.3 Å². The van der Waals surface area contributed by atoms with Crippen molar-refractivity contribution in [3.63, 3.8) is 0 Å². The summed E-state index contributed by atoms with van der Waals surface area (Å²) < 4.78 is 0. The third kappa shape index (κ3) is 4.99. The number of imidazole rings is 1. The van der Waals surface area contributed by atoms with Crippen molar-refractivity contribution < 1.29 is 0 Å². The number of fused-ring (bicyclic) bond motifs is 1. The van der Waals surface area contributed by atoms with Crippen LogP contribution in [0.2, 0.25) is 0 Å². The van der Waals surface area contributed by atoms with Crippen LogP contribution in [0.25, 0.3) is 22.3 Å². The molecule has 1 aromatic carbocycles. The average molecular weight is 437 g/mol. The van der Waals surface area contributed by atoms with Crippen LogP contribution in [0.3, 0.4) is 0 Å². The van der Waals surface area contributed by atoms with E-state index in [2.05, 4.69) is 58.7 Å². The van der Waals surface area contributed by atoms with Crippen LogP contribution in [-0.4, -0.2) is 56.0 Å². The molecule has 4 heterocycles. The molecule has 9 heteroatoms. The smallest absolute Gasteiger partial charge is 0.206 e. The lowest BCUT2D eigenvalue weighted by Crippen LogP contribution is -2.42. The molecule has 1 fully saturated rings. The van der Waals surface area contributed by atoms with Crippen molar-refractivity contribution in [2.24, 2.45) is 0 Å². The van der Waals surface area contributed by atoms with Gasteiger partial charge in [-0.15, -0.1) is 12.4 Å². The SMILES string of the molecule is Cc1cc(CN2CCNCC2)cc(Nc2nc3ccc(-c4ccncn4)cc3[nH]2)n1.Cl. The number of pyridine rings is 1. The lowest BCUT2D eigenvalue weighted by molar-refractivity contribution is 0.233. The summed E-state index contributed by atoms with van der Waals surface area (Å²) in [7, 11) is 0. The van der Waals surface area contributed by atoms with E-state index in [-0.39, 0.29) is 12.4 Å². The topological polar surface area (TPSA) is 94.6 Å². The number of aromatic amines is 1. The fourth-order valence-electron chi connectivity index (χ4n) is 3.83. The van der Waals surface area contributed by atoms with E-state index in [1.54, 1.807) is 12.5 Å². The summed E-state index contributed by atoms with van der Waals surface area (Å²) in [6, 6.07) is 12.2. The molecule has 3 aromatic heterocycles. The molecule has 1 aliphatic heterocycles. The Hall–Kier alpha value is -3.07. The molecule has 4 aromatic rings. The summed E-state index contributed by atoms with van der Waals surface area (Å²) in [6.07, 6.45) is 3.30. The van der Waals surface area contributed by atoms with Gasteiger partial charge in [-0.2, -0.15) is 0 Å². The minimum absolute atomic E-state index is 0. The molecule has 0 spiro atoms. The van der Waals surface area contributed by atoms with Crippen LogP contribution in [0, 0.1) is 6.92 Å². The second-order valence-corrected chi connectivity index (χ2v) is 7.57. The summed E-state index contributed by atoms with van der Waals surface area (Å²) >= 11 is 0. The predicted molar refractivity (Wildman–Crippen MR) is 125 cm³/mol. The van der Waals surface area contributed by atoms with Gasteiger partial charge in [-0.1, -0.05) is 6.07 Å². The van der Waals surface area contributed by atoms with E-state index < -0.39 is 0 Å².